The van der Waals surface area contributed by atoms with Crippen molar-refractivity contribution in [3.8, 4) is 11.3 Å². The van der Waals surface area contributed by atoms with Crippen molar-refractivity contribution >= 4 is 46.1 Å². The van der Waals surface area contributed by atoms with Crippen LogP contribution in [0.2, 0.25) is 19.6 Å². The highest BCUT2D eigenvalue weighted by Crippen LogP contribution is 2.41. The van der Waals surface area contributed by atoms with Gasteiger partial charge in [-0.25, -0.2) is 4.39 Å². The number of aryl methyl sites for hydroxylation is 3. The first-order chi connectivity index (χ1) is 17.6. The number of fused-ring (bicyclic) bond motifs is 4. The Bertz CT molecular complexity index is 1720. The first-order valence-corrected chi connectivity index (χ1v) is 17.2. The van der Waals surface area contributed by atoms with Gasteiger partial charge >= 0.3 is 0 Å². The summed E-state index contributed by atoms with van der Waals surface area (Å²) in [4.78, 5) is 0. The van der Waals surface area contributed by atoms with Crippen LogP contribution < -0.4 is 9.75 Å². The van der Waals surface area contributed by atoms with Crippen molar-refractivity contribution in [1.82, 2.24) is 0 Å². The van der Waals surface area contributed by atoms with E-state index in [1.807, 2.05) is 6.07 Å². The van der Waals surface area contributed by atoms with Crippen molar-refractivity contribution in [2.45, 2.75) is 72.0 Å². The summed E-state index contributed by atoms with van der Waals surface area (Å²) >= 11 is 0. The predicted molar refractivity (Wildman–Crippen MR) is 156 cm³/mol. The summed E-state index contributed by atoms with van der Waals surface area (Å²) in [6, 6.07) is 15.3. The number of halogens is 1. The molecule has 0 spiro atoms. The zero-order chi connectivity index (χ0) is 26.2. The molecule has 2 heterocycles. The Labute approximate surface area is 220 Å². The fourth-order valence-electron chi connectivity index (χ4n) is 6.50. The van der Waals surface area contributed by atoms with E-state index in [9.17, 15) is 4.39 Å². The standard InChI is InChI=1S/C33H37FNOSi/c1-19-16-25-24-13-14-27(34)21(3)32(24)36-33(25)31(20(19)2)29-18-30(37(5,6)7)26-17-23(22-10-8-9-11-22)12-15-28(26)35(29)4/h12-18,22H,8-11H2,1-7H3/q+1. The lowest BCUT2D eigenvalue weighted by Gasteiger charge is -2.21. The fraction of sp³-hybridized carbons (Fsp3) is 0.364. The Morgan fingerprint density at radius 1 is 0.838 bits per heavy atom. The van der Waals surface area contributed by atoms with Crippen molar-refractivity contribution in [3.05, 3.63) is 70.5 Å². The van der Waals surface area contributed by atoms with E-state index in [1.54, 1.807) is 13.0 Å². The molecule has 0 unspecified atom stereocenters. The van der Waals surface area contributed by atoms with Gasteiger partial charge in [0.15, 0.2) is 0 Å². The van der Waals surface area contributed by atoms with Gasteiger partial charge in [-0.1, -0.05) is 38.5 Å². The molecule has 2 nitrogen and oxygen atoms in total. The van der Waals surface area contributed by atoms with Gasteiger partial charge in [-0.2, -0.15) is 4.57 Å². The van der Waals surface area contributed by atoms with Gasteiger partial charge in [0.2, 0.25) is 11.2 Å². The minimum atomic E-state index is -1.69. The predicted octanol–water partition coefficient (Wildman–Crippen LogP) is 8.50. The molecule has 0 amide bonds. The molecular formula is C33H37FNOSi+. The summed E-state index contributed by atoms with van der Waals surface area (Å²) in [5, 5.41) is 4.93. The van der Waals surface area contributed by atoms with Crippen molar-refractivity contribution in [1.29, 1.82) is 0 Å². The van der Waals surface area contributed by atoms with Crippen LogP contribution in [0.25, 0.3) is 44.1 Å². The van der Waals surface area contributed by atoms with E-state index in [2.05, 4.69) is 75.4 Å². The van der Waals surface area contributed by atoms with E-state index in [4.69, 9.17) is 4.42 Å². The summed E-state index contributed by atoms with van der Waals surface area (Å²) in [6.45, 7) is 13.5. The van der Waals surface area contributed by atoms with Crippen molar-refractivity contribution < 1.29 is 13.4 Å². The minimum Gasteiger partial charge on any atom is -0.455 e. The summed E-state index contributed by atoms with van der Waals surface area (Å²) in [7, 11) is 0.495. The average molecular weight is 511 g/mol. The molecule has 1 aliphatic carbocycles. The molecule has 6 rings (SSSR count). The average Bonchev–Trinajstić information content (AvgIpc) is 3.51. The van der Waals surface area contributed by atoms with Gasteiger partial charge in [0, 0.05) is 33.9 Å². The van der Waals surface area contributed by atoms with Gasteiger partial charge in [0.1, 0.15) is 24.0 Å². The van der Waals surface area contributed by atoms with E-state index in [0.717, 1.165) is 21.9 Å². The molecule has 3 aromatic carbocycles. The Morgan fingerprint density at radius 2 is 1.57 bits per heavy atom. The molecule has 0 radical (unpaired) electrons. The summed E-state index contributed by atoms with van der Waals surface area (Å²) < 4.78 is 23.3. The molecule has 0 saturated heterocycles. The van der Waals surface area contributed by atoms with Crippen LogP contribution >= 0.6 is 0 Å². The zero-order valence-corrected chi connectivity index (χ0v) is 24.2. The highest BCUT2D eigenvalue weighted by molar-refractivity contribution is 6.90. The van der Waals surface area contributed by atoms with Crippen molar-refractivity contribution in [2.75, 3.05) is 0 Å². The van der Waals surface area contributed by atoms with Gasteiger partial charge in [0.25, 0.3) is 0 Å². The lowest BCUT2D eigenvalue weighted by molar-refractivity contribution is -0.633. The zero-order valence-electron chi connectivity index (χ0n) is 23.2. The van der Waals surface area contributed by atoms with E-state index in [1.165, 1.54) is 64.2 Å². The van der Waals surface area contributed by atoms with E-state index >= 15 is 0 Å². The van der Waals surface area contributed by atoms with Crippen LogP contribution in [0.15, 0.2) is 46.9 Å². The maximum absolute atomic E-state index is 14.5. The smallest absolute Gasteiger partial charge is 0.216 e. The van der Waals surface area contributed by atoms with Crippen LogP contribution in [-0.2, 0) is 7.05 Å². The molecule has 0 atom stereocenters. The SMILES string of the molecule is Cc1cc2c(oc3c(C)c(F)ccc32)c(-c2cc([Si](C)(C)C)c3cc(C4CCCC4)ccc3[n+]2C)c1C. The molecule has 1 saturated carbocycles. The highest BCUT2D eigenvalue weighted by Gasteiger charge is 2.30. The fourth-order valence-corrected chi connectivity index (χ4v) is 8.07. The van der Waals surface area contributed by atoms with Gasteiger partial charge in [-0.3, -0.25) is 0 Å². The molecule has 190 valence electrons. The number of rotatable bonds is 3. The molecule has 0 bridgehead atoms. The van der Waals surface area contributed by atoms with Crippen molar-refractivity contribution in [2.24, 2.45) is 7.05 Å². The van der Waals surface area contributed by atoms with Crippen LogP contribution in [0.5, 0.6) is 0 Å². The Hall–Kier alpha value is -2.98. The second-order valence-corrected chi connectivity index (χ2v) is 17.3. The molecule has 1 fully saturated rings. The molecule has 0 N–H and O–H groups in total. The second kappa shape index (κ2) is 8.52. The number of aromatic nitrogens is 1. The Kier molecular flexibility index (Phi) is 5.61. The molecule has 37 heavy (non-hydrogen) atoms. The normalized spacial score (nSPS) is 15.0. The Morgan fingerprint density at radius 3 is 2.27 bits per heavy atom. The first-order valence-electron chi connectivity index (χ1n) is 13.7. The van der Waals surface area contributed by atoms with Gasteiger partial charge in [-0.05, 0) is 85.7 Å². The molecule has 0 aliphatic heterocycles. The third-order valence-corrected chi connectivity index (χ3v) is 10.9. The van der Waals surface area contributed by atoms with Gasteiger partial charge in [0.05, 0.1) is 13.6 Å². The second-order valence-electron chi connectivity index (χ2n) is 12.2. The van der Waals surface area contributed by atoms with Crippen LogP contribution in [0.3, 0.4) is 0 Å². The molecule has 1 aliphatic rings. The third kappa shape index (κ3) is 3.75. The molecule has 4 heteroatoms. The van der Waals surface area contributed by atoms with Crippen molar-refractivity contribution in [3.63, 3.8) is 0 Å². The topological polar surface area (TPSA) is 17.0 Å². The number of pyridine rings is 1. The summed E-state index contributed by atoms with van der Waals surface area (Å²) in [5.74, 6) is 0.471. The third-order valence-electron chi connectivity index (χ3n) is 8.84. The largest absolute Gasteiger partial charge is 0.455 e. The number of benzene rings is 3. The highest BCUT2D eigenvalue weighted by atomic mass is 28.3. The quantitative estimate of drug-likeness (QED) is 0.176. The summed E-state index contributed by atoms with van der Waals surface area (Å²) in [6.07, 6.45) is 5.31. The summed E-state index contributed by atoms with van der Waals surface area (Å²) in [5.41, 5.74) is 9.56. The van der Waals surface area contributed by atoms with Crippen LogP contribution in [0.1, 0.15) is 53.9 Å². The first kappa shape index (κ1) is 24.4. The van der Waals surface area contributed by atoms with Crippen LogP contribution in [0, 0.1) is 26.6 Å². The van der Waals surface area contributed by atoms with E-state index in [0.29, 0.717) is 17.1 Å². The number of hydrogen-bond acceptors (Lipinski definition) is 1. The maximum Gasteiger partial charge on any atom is 0.216 e. The molecule has 5 aromatic rings. The molecular weight excluding hydrogens is 473 g/mol. The van der Waals surface area contributed by atoms with E-state index in [-0.39, 0.29) is 5.82 Å². The van der Waals surface area contributed by atoms with Crippen LogP contribution in [0.4, 0.5) is 4.39 Å². The lowest BCUT2D eigenvalue weighted by atomic mass is 9.94. The van der Waals surface area contributed by atoms with E-state index < -0.39 is 8.07 Å². The molecule has 2 aromatic heterocycles. The van der Waals surface area contributed by atoms with Crippen LogP contribution in [-0.4, -0.2) is 8.07 Å². The monoisotopic (exact) mass is 510 g/mol. The van der Waals surface area contributed by atoms with Gasteiger partial charge < -0.3 is 4.42 Å². The maximum atomic E-state index is 14.5. The minimum absolute atomic E-state index is 0.225. The number of hydrogen-bond donors (Lipinski definition) is 0. The number of nitrogens with zero attached hydrogens (tertiary/aromatic N) is 1. The van der Waals surface area contributed by atoms with Gasteiger partial charge in [-0.15, -0.1) is 0 Å². The Balaban J connectivity index is 1.70. The number of furan rings is 1. The lowest BCUT2D eigenvalue weighted by Crippen LogP contribution is -2.43.